The first-order valence-electron chi connectivity index (χ1n) is 20.5. The fraction of sp³-hybridized carbons (Fsp3) is 0.860. The van der Waals surface area contributed by atoms with Gasteiger partial charge in [0.05, 0.1) is 23.4 Å². The zero-order chi connectivity index (χ0) is 36.7. The van der Waals surface area contributed by atoms with E-state index in [2.05, 4.69) is 39.8 Å². The molecule has 0 amide bonds. The highest BCUT2D eigenvalue weighted by molar-refractivity contribution is 5.95. The minimum absolute atomic E-state index is 0.0277. The van der Waals surface area contributed by atoms with Gasteiger partial charge in [-0.15, -0.1) is 0 Å². The number of unbranched alkanes of at least 4 members (excludes halogenated alkanes) is 9. The van der Waals surface area contributed by atoms with Gasteiger partial charge in [0.2, 0.25) is 0 Å². The Morgan fingerprint density at radius 1 is 0.960 bits per heavy atom. The van der Waals surface area contributed by atoms with Crippen LogP contribution in [0.2, 0.25) is 0 Å². The first-order valence-corrected chi connectivity index (χ1v) is 20.5. The number of rotatable bonds is 19. The molecule has 10 atom stereocenters. The second kappa shape index (κ2) is 17.5. The molecule has 0 spiro atoms. The topological polar surface area (TPSA) is 124 Å². The molecule has 286 valence electrons. The molecule has 7 nitrogen and oxygen atoms in total. The zero-order valence-electron chi connectivity index (χ0n) is 32.4. The summed E-state index contributed by atoms with van der Waals surface area (Å²) >= 11 is 0. The van der Waals surface area contributed by atoms with Crippen molar-refractivity contribution in [3.8, 4) is 0 Å². The summed E-state index contributed by atoms with van der Waals surface area (Å²) < 4.78 is 6.26. The maximum Gasteiger partial charge on any atom is 0.306 e. The van der Waals surface area contributed by atoms with E-state index in [1.165, 1.54) is 44.9 Å². The van der Waals surface area contributed by atoms with Crippen LogP contribution in [0.5, 0.6) is 0 Å². The first kappa shape index (κ1) is 41.2. The lowest BCUT2D eigenvalue weighted by Crippen LogP contribution is -2.61. The van der Waals surface area contributed by atoms with Gasteiger partial charge in [0.25, 0.3) is 0 Å². The largest absolute Gasteiger partial charge is 0.462 e. The zero-order valence-corrected chi connectivity index (χ0v) is 32.4. The van der Waals surface area contributed by atoms with Crippen molar-refractivity contribution in [1.29, 1.82) is 0 Å². The van der Waals surface area contributed by atoms with E-state index in [9.17, 15) is 30.0 Å². The van der Waals surface area contributed by atoms with E-state index in [0.29, 0.717) is 32.1 Å². The molecular formula is C43H72O7. The molecule has 0 radical (unpaired) electrons. The number of allylic oxidation sites excluding steroid dienone is 3. The predicted molar refractivity (Wildman–Crippen MR) is 199 cm³/mol. The van der Waals surface area contributed by atoms with Crippen LogP contribution >= 0.6 is 0 Å². The van der Waals surface area contributed by atoms with Crippen LogP contribution in [0.15, 0.2) is 23.8 Å². The Kier molecular flexibility index (Phi) is 14.4. The molecule has 0 aromatic carbocycles. The van der Waals surface area contributed by atoms with E-state index in [0.717, 1.165) is 50.5 Å². The van der Waals surface area contributed by atoms with Crippen molar-refractivity contribution >= 4 is 11.8 Å². The van der Waals surface area contributed by atoms with Crippen molar-refractivity contribution in [2.75, 3.05) is 0 Å². The highest BCUT2D eigenvalue weighted by Crippen LogP contribution is 2.68. The van der Waals surface area contributed by atoms with E-state index in [-0.39, 0.29) is 47.9 Å². The third kappa shape index (κ3) is 9.33. The van der Waals surface area contributed by atoms with Crippen molar-refractivity contribution in [3.63, 3.8) is 0 Å². The summed E-state index contributed by atoms with van der Waals surface area (Å²) in [6, 6.07) is 0. The van der Waals surface area contributed by atoms with Gasteiger partial charge < -0.3 is 25.2 Å². The Bertz CT molecular complexity index is 1190. The number of aliphatic hydroxyl groups is 4. The second-order valence-corrected chi connectivity index (χ2v) is 18.0. The minimum atomic E-state index is -1.16. The highest BCUT2D eigenvalue weighted by Gasteiger charge is 2.67. The maximum atomic E-state index is 13.6. The standard InChI is InChI=1S/C43H72O7/c1-7-8-9-10-11-12-13-14-15-16-17-18-19-20-39(47)50-38(23-24-40(3,4)48)30(2)31-22-26-43(49)33-27-35(44)34-28-36(45)37(46)29-41(34,5)32(33)21-25-42(31,43)6/h12-13,27,30-32,34,36-38,45-46,48-49H,7-11,14-26,28-29H2,1-6H3/b13-12-/t30-,31+,32-,34-,36+,37-,38?,41+,42+,43+/m0/s1. The summed E-state index contributed by atoms with van der Waals surface area (Å²) in [5.41, 5.74) is -2.24. The number of hydrogen-bond donors (Lipinski definition) is 4. The third-order valence-electron chi connectivity index (χ3n) is 13.9. The van der Waals surface area contributed by atoms with Gasteiger partial charge in [-0.1, -0.05) is 78.4 Å². The van der Waals surface area contributed by atoms with E-state index in [4.69, 9.17) is 4.74 Å². The van der Waals surface area contributed by atoms with Crippen molar-refractivity contribution in [3.05, 3.63) is 23.8 Å². The number of ether oxygens (including phenoxy) is 1. The molecule has 1 unspecified atom stereocenters. The van der Waals surface area contributed by atoms with Crippen LogP contribution in [0.4, 0.5) is 0 Å². The Balaban J connectivity index is 1.35. The van der Waals surface area contributed by atoms with Crippen LogP contribution in [0, 0.1) is 34.5 Å². The van der Waals surface area contributed by atoms with Gasteiger partial charge in [0, 0.05) is 17.8 Å². The summed E-state index contributed by atoms with van der Waals surface area (Å²) in [6.45, 7) is 12.2. The quantitative estimate of drug-likeness (QED) is 0.0605. The van der Waals surface area contributed by atoms with E-state index >= 15 is 0 Å². The minimum Gasteiger partial charge on any atom is -0.462 e. The monoisotopic (exact) mass is 701 g/mol. The molecule has 50 heavy (non-hydrogen) atoms. The average molecular weight is 701 g/mol. The van der Waals surface area contributed by atoms with E-state index in [1.54, 1.807) is 19.9 Å². The second-order valence-electron chi connectivity index (χ2n) is 18.0. The molecule has 0 heterocycles. The summed E-state index contributed by atoms with van der Waals surface area (Å²) in [4.78, 5) is 26.8. The number of carbonyl (C=O) groups excluding carboxylic acids is 2. The Morgan fingerprint density at radius 3 is 2.26 bits per heavy atom. The smallest absolute Gasteiger partial charge is 0.306 e. The fourth-order valence-corrected chi connectivity index (χ4v) is 10.7. The third-order valence-corrected chi connectivity index (χ3v) is 13.9. The first-order chi connectivity index (χ1) is 23.6. The van der Waals surface area contributed by atoms with Gasteiger partial charge in [0.15, 0.2) is 5.78 Å². The number of esters is 1. The summed E-state index contributed by atoms with van der Waals surface area (Å²) in [5.74, 6) is -0.564. The average Bonchev–Trinajstić information content (AvgIpc) is 3.33. The molecule has 0 saturated heterocycles. The van der Waals surface area contributed by atoms with Crippen LogP contribution < -0.4 is 0 Å². The van der Waals surface area contributed by atoms with Crippen LogP contribution in [-0.2, 0) is 14.3 Å². The Labute approximate surface area is 303 Å². The van der Waals surface area contributed by atoms with E-state index < -0.39 is 34.2 Å². The van der Waals surface area contributed by atoms with Gasteiger partial charge in [-0.25, -0.2) is 0 Å². The van der Waals surface area contributed by atoms with Gasteiger partial charge in [-0.2, -0.15) is 0 Å². The maximum absolute atomic E-state index is 13.6. The molecule has 0 aromatic rings. The number of aliphatic hydroxyl groups excluding tert-OH is 2. The molecule has 7 heteroatoms. The van der Waals surface area contributed by atoms with Crippen molar-refractivity contribution in [2.45, 2.75) is 199 Å². The SMILES string of the molecule is CCCCCC/C=C\CCCCCCCC(=O)OC(CCC(C)(C)O)[C@@H](C)[C@H]1CC[C@@]2(O)C3=CC(=O)[C@@H]4C[C@@H](O)[C@@H](O)C[C@]4(C)[C@H]3CC[C@]12C. The van der Waals surface area contributed by atoms with Crippen LogP contribution in [0.3, 0.4) is 0 Å². The molecule has 4 rings (SSSR count). The summed E-state index contributed by atoms with van der Waals surface area (Å²) in [6.07, 6.45) is 22.0. The van der Waals surface area contributed by atoms with Crippen molar-refractivity contribution in [2.24, 2.45) is 34.5 Å². The van der Waals surface area contributed by atoms with Gasteiger partial charge >= 0.3 is 5.97 Å². The lowest BCUT2D eigenvalue weighted by Gasteiger charge is -2.60. The number of fused-ring (bicyclic) bond motifs is 5. The Morgan fingerprint density at radius 2 is 1.60 bits per heavy atom. The number of ketones is 1. The molecule has 3 fully saturated rings. The predicted octanol–water partition coefficient (Wildman–Crippen LogP) is 8.55. The number of carbonyl (C=O) groups is 2. The normalized spacial score (nSPS) is 35.3. The van der Waals surface area contributed by atoms with Crippen LogP contribution in [0.1, 0.15) is 170 Å². The fourth-order valence-electron chi connectivity index (χ4n) is 10.7. The molecule has 0 aliphatic heterocycles. The summed E-state index contributed by atoms with van der Waals surface area (Å²) in [7, 11) is 0. The molecular weight excluding hydrogens is 628 g/mol. The molecule has 4 aliphatic carbocycles. The van der Waals surface area contributed by atoms with Crippen LogP contribution in [0.25, 0.3) is 0 Å². The van der Waals surface area contributed by atoms with Gasteiger partial charge in [0.1, 0.15) is 6.10 Å². The number of hydrogen-bond acceptors (Lipinski definition) is 7. The summed E-state index contributed by atoms with van der Waals surface area (Å²) in [5, 5.41) is 44.3. The molecule has 4 N–H and O–H groups in total. The molecule has 3 saturated carbocycles. The lowest BCUT2D eigenvalue weighted by molar-refractivity contribution is -0.162. The molecule has 4 aliphatic rings. The highest BCUT2D eigenvalue weighted by atomic mass is 16.5. The molecule has 0 aromatic heterocycles. The lowest BCUT2D eigenvalue weighted by atomic mass is 9.46. The Hall–Kier alpha value is -1.54. The van der Waals surface area contributed by atoms with Gasteiger partial charge in [-0.05, 0) is 132 Å². The van der Waals surface area contributed by atoms with Crippen LogP contribution in [-0.4, -0.2) is 61.7 Å². The van der Waals surface area contributed by atoms with Gasteiger partial charge in [-0.3, -0.25) is 9.59 Å². The van der Waals surface area contributed by atoms with Crippen molar-refractivity contribution < 1.29 is 34.8 Å². The van der Waals surface area contributed by atoms with E-state index in [1.807, 2.05) is 0 Å². The van der Waals surface area contributed by atoms with Crippen molar-refractivity contribution in [1.82, 2.24) is 0 Å². The molecule has 0 bridgehead atoms.